The molecule has 2 aromatic rings. The van der Waals surface area contributed by atoms with Crippen LogP contribution in [-0.4, -0.2) is 23.8 Å². The standard InChI is InChI=1S/C15H12BrFN2O3/c16-11-5-6-13(20)10(7-11)8-18-19-15(21)9-22-14-4-2-1-3-12(14)17/h1-8,20H,9H2,(H,19,21). The number of ether oxygens (including phenoxy) is 1. The van der Waals surface area contributed by atoms with Crippen LogP contribution in [0.4, 0.5) is 4.39 Å². The number of halogens is 2. The van der Waals surface area contributed by atoms with Gasteiger partial charge in [-0.15, -0.1) is 0 Å². The van der Waals surface area contributed by atoms with E-state index in [1.165, 1.54) is 30.5 Å². The Morgan fingerprint density at radius 3 is 2.91 bits per heavy atom. The van der Waals surface area contributed by atoms with Gasteiger partial charge in [0.05, 0.1) is 6.21 Å². The lowest BCUT2D eigenvalue weighted by atomic mass is 10.2. The van der Waals surface area contributed by atoms with Crippen LogP contribution in [0, 0.1) is 5.82 Å². The zero-order chi connectivity index (χ0) is 15.9. The van der Waals surface area contributed by atoms with Gasteiger partial charge in [0.15, 0.2) is 18.2 Å². The van der Waals surface area contributed by atoms with Crippen molar-refractivity contribution in [1.82, 2.24) is 5.43 Å². The van der Waals surface area contributed by atoms with Crippen LogP contribution >= 0.6 is 15.9 Å². The summed E-state index contributed by atoms with van der Waals surface area (Å²) in [4.78, 5) is 11.5. The number of nitrogens with one attached hydrogen (secondary N) is 1. The molecule has 5 nitrogen and oxygen atoms in total. The predicted molar refractivity (Wildman–Crippen MR) is 83.4 cm³/mol. The first-order valence-corrected chi connectivity index (χ1v) is 7.03. The van der Waals surface area contributed by atoms with Crippen molar-refractivity contribution >= 4 is 28.1 Å². The van der Waals surface area contributed by atoms with E-state index >= 15 is 0 Å². The Morgan fingerprint density at radius 1 is 1.36 bits per heavy atom. The normalized spacial score (nSPS) is 10.6. The third kappa shape index (κ3) is 4.56. The van der Waals surface area contributed by atoms with E-state index in [9.17, 15) is 14.3 Å². The van der Waals surface area contributed by atoms with Crippen LogP contribution in [-0.2, 0) is 4.79 Å². The van der Waals surface area contributed by atoms with Crippen molar-refractivity contribution in [2.75, 3.05) is 6.61 Å². The Bertz CT molecular complexity index is 707. The monoisotopic (exact) mass is 366 g/mol. The Morgan fingerprint density at radius 2 is 2.14 bits per heavy atom. The minimum Gasteiger partial charge on any atom is -0.507 e. The molecule has 2 rings (SSSR count). The Balaban J connectivity index is 1.86. The fraction of sp³-hybridized carbons (Fsp3) is 0.0667. The maximum Gasteiger partial charge on any atom is 0.277 e. The quantitative estimate of drug-likeness (QED) is 0.631. The van der Waals surface area contributed by atoms with Gasteiger partial charge in [-0.2, -0.15) is 5.10 Å². The van der Waals surface area contributed by atoms with Crippen molar-refractivity contribution < 1.29 is 19.0 Å². The summed E-state index contributed by atoms with van der Waals surface area (Å²) in [7, 11) is 0. The Labute approximate surface area is 134 Å². The van der Waals surface area contributed by atoms with E-state index in [0.29, 0.717) is 5.56 Å². The minimum absolute atomic E-state index is 0.00809. The average molecular weight is 367 g/mol. The summed E-state index contributed by atoms with van der Waals surface area (Å²) >= 11 is 3.26. The zero-order valence-corrected chi connectivity index (χ0v) is 12.9. The molecule has 0 heterocycles. The second kappa shape index (κ2) is 7.56. The first kappa shape index (κ1) is 16.0. The van der Waals surface area contributed by atoms with Crippen molar-refractivity contribution in [1.29, 1.82) is 0 Å². The molecular weight excluding hydrogens is 355 g/mol. The van der Waals surface area contributed by atoms with Gasteiger partial charge < -0.3 is 9.84 Å². The number of phenolic OH excluding ortho intramolecular Hbond substituents is 1. The Hall–Kier alpha value is -2.41. The van der Waals surface area contributed by atoms with Crippen LogP contribution < -0.4 is 10.2 Å². The van der Waals surface area contributed by atoms with Crippen LogP contribution in [0.2, 0.25) is 0 Å². The molecule has 22 heavy (non-hydrogen) atoms. The van der Waals surface area contributed by atoms with Gasteiger partial charge in [-0.1, -0.05) is 28.1 Å². The van der Waals surface area contributed by atoms with E-state index in [-0.39, 0.29) is 18.1 Å². The van der Waals surface area contributed by atoms with Gasteiger partial charge in [0, 0.05) is 10.0 Å². The maximum atomic E-state index is 13.3. The second-order valence-electron chi connectivity index (χ2n) is 4.22. The fourth-order valence-electron chi connectivity index (χ4n) is 1.54. The van der Waals surface area contributed by atoms with Gasteiger partial charge in [-0.25, -0.2) is 9.82 Å². The number of phenols is 1. The van der Waals surface area contributed by atoms with Gasteiger partial charge in [0.2, 0.25) is 0 Å². The molecule has 0 spiro atoms. The van der Waals surface area contributed by atoms with Gasteiger partial charge in [0.25, 0.3) is 5.91 Å². The van der Waals surface area contributed by atoms with Crippen molar-refractivity contribution in [3.63, 3.8) is 0 Å². The summed E-state index contributed by atoms with van der Waals surface area (Å²) < 4.78 is 19.1. The largest absolute Gasteiger partial charge is 0.507 e. The highest BCUT2D eigenvalue weighted by Gasteiger charge is 2.05. The number of hydrazone groups is 1. The highest BCUT2D eigenvalue weighted by molar-refractivity contribution is 9.10. The van der Waals surface area contributed by atoms with Crippen molar-refractivity contribution in [2.45, 2.75) is 0 Å². The summed E-state index contributed by atoms with van der Waals surface area (Å²) in [5, 5.41) is 13.3. The number of amides is 1. The van der Waals surface area contributed by atoms with Crippen LogP contribution in [0.3, 0.4) is 0 Å². The molecule has 0 saturated heterocycles. The van der Waals surface area contributed by atoms with E-state index in [1.807, 2.05) is 0 Å². The van der Waals surface area contributed by atoms with Gasteiger partial charge in [-0.3, -0.25) is 4.79 Å². The molecule has 0 bridgehead atoms. The molecule has 1 amide bonds. The van der Waals surface area contributed by atoms with E-state index in [0.717, 1.165) is 4.47 Å². The number of nitrogens with zero attached hydrogens (tertiary/aromatic N) is 1. The van der Waals surface area contributed by atoms with E-state index in [4.69, 9.17) is 4.74 Å². The number of carbonyl (C=O) groups is 1. The molecule has 0 saturated carbocycles. The molecule has 0 fully saturated rings. The van der Waals surface area contributed by atoms with Crippen molar-refractivity contribution in [3.05, 3.63) is 58.3 Å². The maximum absolute atomic E-state index is 13.3. The van der Waals surface area contributed by atoms with Crippen LogP contribution in [0.1, 0.15) is 5.56 Å². The molecule has 2 N–H and O–H groups in total. The van der Waals surface area contributed by atoms with Crippen LogP contribution in [0.5, 0.6) is 11.5 Å². The number of para-hydroxylation sites is 1. The molecule has 0 aromatic heterocycles. The van der Waals surface area contributed by atoms with Crippen molar-refractivity contribution in [3.8, 4) is 11.5 Å². The molecule has 7 heteroatoms. The molecule has 114 valence electrons. The topological polar surface area (TPSA) is 70.9 Å². The molecular formula is C15H12BrFN2O3. The lowest BCUT2D eigenvalue weighted by Crippen LogP contribution is -2.24. The smallest absolute Gasteiger partial charge is 0.277 e. The summed E-state index contributed by atoms with van der Waals surface area (Å²) in [5.74, 6) is -1.07. The zero-order valence-electron chi connectivity index (χ0n) is 11.3. The lowest BCUT2D eigenvalue weighted by Gasteiger charge is -2.05. The first-order valence-electron chi connectivity index (χ1n) is 6.24. The highest BCUT2D eigenvalue weighted by atomic mass is 79.9. The number of hydrogen-bond acceptors (Lipinski definition) is 4. The highest BCUT2D eigenvalue weighted by Crippen LogP contribution is 2.20. The number of hydrogen-bond donors (Lipinski definition) is 2. The number of aromatic hydroxyl groups is 1. The molecule has 0 aliphatic carbocycles. The first-order chi connectivity index (χ1) is 10.6. The predicted octanol–water partition coefficient (Wildman–Crippen LogP) is 2.82. The summed E-state index contributed by atoms with van der Waals surface area (Å²) in [6, 6.07) is 10.6. The molecule has 0 radical (unpaired) electrons. The lowest BCUT2D eigenvalue weighted by molar-refractivity contribution is -0.123. The third-order valence-corrected chi connectivity index (χ3v) is 3.07. The SMILES string of the molecule is O=C(COc1ccccc1F)NN=Cc1cc(Br)ccc1O. The van der Waals surface area contributed by atoms with Crippen LogP contribution in [0.25, 0.3) is 0 Å². The molecule has 0 aliphatic rings. The minimum atomic E-state index is -0.547. The van der Waals surface area contributed by atoms with Crippen LogP contribution in [0.15, 0.2) is 52.0 Å². The summed E-state index contributed by atoms with van der Waals surface area (Å²) in [6.07, 6.45) is 1.29. The number of carbonyl (C=O) groups excluding carboxylic acids is 1. The van der Waals surface area contributed by atoms with E-state index in [1.54, 1.807) is 18.2 Å². The second-order valence-corrected chi connectivity index (χ2v) is 5.13. The number of benzene rings is 2. The van der Waals surface area contributed by atoms with Gasteiger partial charge >= 0.3 is 0 Å². The van der Waals surface area contributed by atoms with Gasteiger partial charge in [0.1, 0.15) is 5.75 Å². The third-order valence-electron chi connectivity index (χ3n) is 2.58. The summed E-state index contributed by atoms with van der Waals surface area (Å²) in [6.45, 7) is -0.372. The molecule has 2 aromatic carbocycles. The molecule has 0 atom stereocenters. The summed E-state index contributed by atoms with van der Waals surface area (Å²) in [5.41, 5.74) is 2.66. The molecule has 0 unspecified atom stereocenters. The van der Waals surface area contributed by atoms with E-state index < -0.39 is 11.7 Å². The van der Waals surface area contributed by atoms with Crippen molar-refractivity contribution in [2.24, 2.45) is 5.10 Å². The van der Waals surface area contributed by atoms with E-state index in [2.05, 4.69) is 26.5 Å². The van der Waals surface area contributed by atoms with Gasteiger partial charge in [-0.05, 0) is 30.3 Å². The fourth-order valence-corrected chi connectivity index (χ4v) is 1.92. The number of rotatable bonds is 5. The Kier molecular flexibility index (Phi) is 5.48. The average Bonchev–Trinajstić information content (AvgIpc) is 2.50. The molecule has 0 aliphatic heterocycles.